The van der Waals surface area contributed by atoms with E-state index in [1.807, 2.05) is 18.2 Å². The Morgan fingerprint density at radius 3 is 2.52 bits per heavy atom. The Morgan fingerprint density at radius 1 is 0.969 bits per heavy atom. The maximum atomic E-state index is 14.3. The first kappa shape index (κ1) is 41.2. The average Bonchev–Trinajstić information content (AvgIpc) is 4.13. The number of piperidine rings is 1. The van der Waals surface area contributed by atoms with Gasteiger partial charge < -0.3 is 19.9 Å². The fourth-order valence-corrected chi connectivity index (χ4v) is 11.6. The van der Waals surface area contributed by atoms with Crippen LogP contribution in [-0.2, 0) is 27.8 Å². The van der Waals surface area contributed by atoms with E-state index in [9.17, 15) is 28.0 Å². The lowest BCUT2D eigenvalue weighted by molar-refractivity contribution is -0.135. The number of alkyl halides is 2. The van der Waals surface area contributed by atoms with Crippen LogP contribution < -0.4 is 21.2 Å². The summed E-state index contributed by atoms with van der Waals surface area (Å²) >= 11 is 0. The molecule has 2 bridgehead atoms. The molecule has 6 fully saturated rings. The molecular weight excluding hydrogens is 827 g/mol. The third-order valence-corrected chi connectivity index (χ3v) is 15.1. The van der Waals surface area contributed by atoms with Gasteiger partial charge in [-0.1, -0.05) is 12.1 Å². The van der Waals surface area contributed by atoms with Crippen LogP contribution in [0.25, 0.3) is 16.7 Å². The molecule has 6 aliphatic rings. The lowest BCUT2D eigenvalue weighted by atomic mass is 9.75. The zero-order chi connectivity index (χ0) is 43.8. The smallest absolute Gasteiger partial charge is 0.329 e. The standard InChI is InChI=1S/C45H54F2N12O5/c1-53-40-28(3-2-4-35(40)59(45(53)63)36-9-10-38(60)51-44(36)62)17-27-18-30(19-27)55-15-13-54(14-16-55)22-26-5-7-29(8-6-26)58-24-34(39(52-58)41(46)47)49-43(61)33-21-48-57-12-11-37(50-42(33)57)56-23-32-20-31(56)25-64-32/h2-4,11-12,21,24,26-27,29-32,36,41H,5-10,13-20,22-23,25H2,1H3,(H,49,61)(H,51,60,62)/t26?,27?,29?,30?,31-,32-,36?/m1/s1. The minimum atomic E-state index is -2.85. The number of anilines is 2. The van der Waals surface area contributed by atoms with Crippen molar-refractivity contribution >= 4 is 45.9 Å². The number of halogens is 2. The second kappa shape index (κ2) is 16.5. The van der Waals surface area contributed by atoms with E-state index in [2.05, 4.69) is 41.6 Å². The Morgan fingerprint density at radius 2 is 1.78 bits per heavy atom. The van der Waals surface area contributed by atoms with Crippen molar-refractivity contribution in [2.75, 3.05) is 56.1 Å². The molecule has 2 saturated carbocycles. The number of morpholine rings is 1. The number of benzene rings is 1. The zero-order valence-corrected chi connectivity index (χ0v) is 36.0. The number of amides is 3. The van der Waals surface area contributed by atoms with Crippen molar-refractivity contribution in [1.29, 1.82) is 0 Å². The van der Waals surface area contributed by atoms with Crippen LogP contribution in [0.5, 0.6) is 0 Å². The molecule has 8 heterocycles. The Balaban J connectivity index is 0.653. The Labute approximate surface area is 367 Å². The fourth-order valence-electron chi connectivity index (χ4n) is 11.6. The maximum Gasteiger partial charge on any atom is 0.329 e. The van der Waals surface area contributed by atoms with E-state index < -0.39 is 30.0 Å². The lowest BCUT2D eigenvalue weighted by Gasteiger charge is -2.47. The zero-order valence-electron chi connectivity index (χ0n) is 36.0. The Kier molecular flexibility index (Phi) is 10.6. The van der Waals surface area contributed by atoms with E-state index in [1.165, 1.54) is 10.7 Å². The van der Waals surface area contributed by atoms with Crippen LogP contribution in [0.1, 0.15) is 97.9 Å². The van der Waals surface area contributed by atoms with E-state index in [1.54, 1.807) is 33.3 Å². The number of aryl methyl sites for hydroxylation is 1. The predicted molar refractivity (Wildman–Crippen MR) is 231 cm³/mol. The summed E-state index contributed by atoms with van der Waals surface area (Å²) in [5.41, 5.74) is 2.63. The van der Waals surface area contributed by atoms with Crippen LogP contribution in [0.3, 0.4) is 0 Å². The fraction of sp³-hybridized carbons (Fsp3) is 0.578. The van der Waals surface area contributed by atoms with E-state index in [-0.39, 0.29) is 47.5 Å². The van der Waals surface area contributed by atoms with Crippen LogP contribution >= 0.6 is 0 Å². The van der Waals surface area contributed by atoms with Crippen molar-refractivity contribution in [3.8, 4) is 0 Å². The summed E-state index contributed by atoms with van der Waals surface area (Å²) in [5.74, 6) is 0.507. The second-order valence-corrected chi connectivity index (χ2v) is 18.9. The minimum Gasteiger partial charge on any atom is -0.374 e. The summed E-state index contributed by atoms with van der Waals surface area (Å²) < 4.78 is 40.8. The van der Waals surface area contributed by atoms with Crippen LogP contribution in [0, 0.1) is 11.8 Å². The Hall–Kier alpha value is -5.53. The SMILES string of the molecule is Cn1c(=O)n(C2CCC(=O)NC2=O)c2cccc(CC3CC(N4CCN(CC5CCC(n6cc(NC(=O)c7cnn8ccc(N9C[C@H]%10C[C@@H]9CO%10)nc78)c(C(F)F)n6)CC5)CC4)C3)c21. The van der Waals surface area contributed by atoms with Gasteiger partial charge >= 0.3 is 5.69 Å². The third kappa shape index (κ3) is 7.47. The number of imide groups is 1. The number of rotatable bonds is 11. The van der Waals surface area contributed by atoms with Crippen LogP contribution in [0.4, 0.5) is 20.3 Å². The van der Waals surface area contributed by atoms with Gasteiger partial charge in [0.1, 0.15) is 17.4 Å². The van der Waals surface area contributed by atoms with Gasteiger partial charge in [-0.15, -0.1) is 0 Å². The molecule has 0 radical (unpaired) electrons. The molecule has 5 aromatic rings. The highest BCUT2D eigenvalue weighted by molar-refractivity contribution is 6.08. The number of para-hydroxylation sites is 1. The summed E-state index contributed by atoms with van der Waals surface area (Å²) in [7, 11) is 1.77. The largest absolute Gasteiger partial charge is 0.374 e. The first-order chi connectivity index (χ1) is 31.0. The normalized spacial score (nSPS) is 27.8. The van der Waals surface area contributed by atoms with Gasteiger partial charge in [0.2, 0.25) is 11.8 Å². The summed E-state index contributed by atoms with van der Waals surface area (Å²) in [6.45, 7) is 6.53. The molecule has 4 aliphatic heterocycles. The number of ether oxygens (including phenoxy) is 1. The first-order valence-corrected chi connectivity index (χ1v) is 22.9. The molecule has 0 spiro atoms. The molecule has 2 aliphatic carbocycles. The molecule has 3 atom stereocenters. The number of imidazole rings is 1. The maximum absolute atomic E-state index is 14.3. The summed E-state index contributed by atoms with van der Waals surface area (Å²) in [5, 5.41) is 13.7. The van der Waals surface area contributed by atoms with Gasteiger partial charge in [0.05, 0.1) is 47.7 Å². The molecule has 338 valence electrons. The number of nitrogens with one attached hydrogen (secondary N) is 2. The van der Waals surface area contributed by atoms with Gasteiger partial charge in [-0.2, -0.15) is 10.2 Å². The molecule has 11 rings (SSSR count). The average molecular weight is 881 g/mol. The quantitative estimate of drug-likeness (QED) is 0.183. The molecule has 2 N–H and O–H groups in total. The highest BCUT2D eigenvalue weighted by atomic mass is 19.3. The number of piperazine rings is 1. The van der Waals surface area contributed by atoms with Crippen molar-refractivity contribution < 1.29 is 27.9 Å². The molecular formula is C45H54F2N12O5. The summed E-state index contributed by atoms with van der Waals surface area (Å²) in [4.78, 5) is 63.6. The number of hydrogen-bond donors (Lipinski definition) is 2. The van der Waals surface area contributed by atoms with Crippen molar-refractivity contribution in [2.24, 2.45) is 18.9 Å². The summed E-state index contributed by atoms with van der Waals surface area (Å²) in [6, 6.07) is 7.91. The lowest BCUT2D eigenvalue weighted by Crippen LogP contribution is -2.54. The topological polar surface area (TPSA) is 169 Å². The molecule has 4 saturated heterocycles. The van der Waals surface area contributed by atoms with E-state index in [4.69, 9.17) is 9.72 Å². The number of carbonyl (C=O) groups excluding carboxylic acids is 3. The molecule has 64 heavy (non-hydrogen) atoms. The number of aromatic nitrogens is 7. The van der Waals surface area contributed by atoms with Gasteiger partial charge in [-0.05, 0) is 87.3 Å². The molecule has 3 amide bonds. The Bertz CT molecular complexity index is 2670. The van der Waals surface area contributed by atoms with Crippen molar-refractivity contribution in [3.05, 3.63) is 70.2 Å². The summed E-state index contributed by atoms with van der Waals surface area (Å²) in [6.07, 6.45) is 10.3. The monoisotopic (exact) mass is 880 g/mol. The molecule has 4 aromatic heterocycles. The molecule has 1 aromatic carbocycles. The molecule has 17 nitrogen and oxygen atoms in total. The van der Waals surface area contributed by atoms with Crippen LogP contribution in [0.15, 0.2) is 47.7 Å². The molecule has 19 heteroatoms. The van der Waals surface area contributed by atoms with E-state index in [0.29, 0.717) is 36.6 Å². The van der Waals surface area contributed by atoms with Gasteiger partial charge in [0, 0.05) is 71.2 Å². The highest BCUT2D eigenvalue weighted by Gasteiger charge is 2.40. The van der Waals surface area contributed by atoms with Gasteiger partial charge in [0.25, 0.3) is 12.3 Å². The number of fused-ring (bicyclic) bond motifs is 4. The van der Waals surface area contributed by atoms with Gasteiger partial charge in [0.15, 0.2) is 11.3 Å². The van der Waals surface area contributed by atoms with Crippen LogP contribution in [-0.4, -0.2) is 125 Å². The number of nitrogens with zero attached hydrogens (tertiary/aromatic N) is 10. The van der Waals surface area contributed by atoms with E-state index in [0.717, 1.165) is 113 Å². The minimum absolute atomic E-state index is 0.00771. The van der Waals surface area contributed by atoms with Crippen LogP contribution in [0.2, 0.25) is 0 Å². The third-order valence-electron chi connectivity index (χ3n) is 15.1. The van der Waals surface area contributed by atoms with Crippen molar-refractivity contribution in [2.45, 2.75) is 101 Å². The van der Waals surface area contributed by atoms with Gasteiger partial charge in [-0.25, -0.2) is 23.1 Å². The van der Waals surface area contributed by atoms with E-state index >= 15 is 0 Å². The first-order valence-electron chi connectivity index (χ1n) is 22.9. The van der Waals surface area contributed by atoms with Gasteiger partial charge in [-0.3, -0.25) is 38.4 Å². The highest BCUT2D eigenvalue weighted by Crippen LogP contribution is 2.39. The van der Waals surface area contributed by atoms with Crippen molar-refractivity contribution in [1.82, 2.24) is 48.6 Å². The second-order valence-electron chi connectivity index (χ2n) is 18.9. The van der Waals surface area contributed by atoms with Crippen molar-refractivity contribution in [3.63, 3.8) is 0 Å². The predicted octanol–water partition coefficient (Wildman–Crippen LogP) is 4.09. The number of hydrogen-bond acceptors (Lipinski definition) is 11. The molecule has 1 unspecified atom stereocenters. The number of carbonyl (C=O) groups is 3.